The van der Waals surface area contributed by atoms with Crippen LogP contribution in [0, 0.1) is 34.0 Å². The summed E-state index contributed by atoms with van der Waals surface area (Å²) in [4.78, 5) is 77.0. The average Bonchev–Trinajstić information content (AvgIpc) is 0.730. The Bertz CT molecular complexity index is 3750. The monoisotopic (exact) mass is 1340 g/mol. The molecule has 0 spiro atoms. The maximum atomic E-state index is 15.8. The maximum Gasteiger partial charge on any atom is 0.311 e. The Hall–Kier alpha value is -7.53. The summed E-state index contributed by atoms with van der Waals surface area (Å²) in [6.07, 6.45) is 4.67. The van der Waals surface area contributed by atoms with Gasteiger partial charge in [0.05, 0.1) is 90.6 Å². The molecule has 15 heteroatoms. The molecule has 10 unspecified atom stereocenters. The van der Waals surface area contributed by atoms with Crippen LogP contribution in [0.15, 0.2) is 146 Å². The van der Waals surface area contributed by atoms with Crippen molar-refractivity contribution in [2.75, 3.05) is 66.1 Å². The van der Waals surface area contributed by atoms with Gasteiger partial charge in [-0.2, -0.15) is 0 Å². The molecular formula is C83H100O15. The summed E-state index contributed by atoms with van der Waals surface area (Å²) in [6.45, 7) is 14.7. The molecule has 0 saturated carbocycles. The molecule has 0 heterocycles. The lowest BCUT2D eigenvalue weighted by Crippen LogP contribution is -2.49. The van der Waals surface area contributed by atoms with Crippen LogP contribution in [-0.2, 0) is 103 Å². The quantitative estimate of drug-likeness (QED) is 0.0202. The van der Waals surface area contributed by atoms with Crippen LogP contribution < -0.4 is 0 Å². The summed E-state index contributed by atoms with van der Waals surface area (Å²) >= 11 is 0. The summed E-state index contributed by atoms with van der Waals surface area (Å²) in [7, 11) is 0. The summed E-state index contributed by atoms with van der Waals surface area (Å²) in [5, 5.41) is 0. The normalized spacial score (nSPS) is 20.3. The van der Waals surface area contributed by atoms with E-state index in [0.29, 0.717) is 12.8 Å². The van der Waals surface area contributed by atoms with E-state index < -0.39 is 56.9 Å². The van der Waals surface area contributed by atoms with Gasteiger partial charge in [0.2, 0.25) is 0 Å². The first-order valence-corrected chi connectivity index (χ1v) is 35.6. The number of rotatable bonds is 39. The highest BCUT2D eigenvalue weighted by atomic mass is 16.6. The molecule has 0 radical (unpaired) electrons. The minimum atomic E-state index is -1.74. The van der Waals surface area contributed by atoms with Crippen LogP contribution in [0.5, 0.6) is 0 Å². The highest BCUT2D eigenvalue weighted by molar-refractivity contribution is 5.85. The van der Waals surface area contributed by atoms with Crippen molar-refractivity contribution in [3.63, 3.8) is 0 Å². The Balaban J connectivity index is 0.889. The van der Waals surface area contributed by atoms with Gasteiger partial charge in [-0.1, -0.05) is 165 Å². The number of esters is 5. The van der Waals surface area contributed by atoms with Crippen molar-refractivity contribution in [1.82, 2.24) is 0 Å². The van der Waals surface area contributed by atoms with Gasteiger partial charge in [-0.15, -0.1) is 0 Å². The summed E-state index contributed by atoms with van der Waals surface area (Å²) in [5.41, 5.74) is 6.13. The number of hydrogen-bond donors (Lipinski definition) is 0. The third kappa shape index (κ3) is 17.0. The molecule has 5 aliphatic carbocycles. The second-order valence-electron chi connectivity index (χ2n) is 29.7. The van der Waals surface area contributed by atoms with Crippen molar-refractivity contribution in [3.05, 3.63) is 212 Å². The number of carbonyl (C=O) groups is 5. The topological polar surface area (TPSA) is 178 Å². The SMILES string of the molecule is CCC(CCCC(C)(CC(C)(CC(C)(CC(C)(CC(C)(C)C(=O)OCCOC1Cc2ccccc21)C(=O)OCCOC1Cc2ccccc21)C(=O)OCCOC1Cc2ccccc21)C(=O)OCCOC1Cc2ccccc21)C(=O)OCCOC1Cc2ccccc21)c1ccc(C)cc1. The molecular weight excluding hydrogens is 1240 g/mol. The Kier molecular flexibility index (Phi) is 23.3. The zero-order valence-electron chi connectivity index (χ0n) is 58.7. The molecule has 5 aliphatic rings. The summed E-state index contributed by atoms with van der Waals surface area (Å²) in [6, 6.07) is 49.0. The van der Waals surface area contributed by atoms with E-state index >= 15 is 19.2 Å². The molecule has 0 aromatic heterocycles. The molecule has 6 aromatic carbocycles. The molecule has 522 valence electrons. The summed E-state index contributed by atoms with van der Waals surface area (Å²) in [5.74, 6) is -2.99. The zero-order valence-corrected chi connectivity index (χ0v) is 58.7. The third-order valence-electron chi connectivity index (χ3n) is 21.2. The number of ether oxygens (including phenoxy) is 10. The van der Waals surface area contributed by atoms with Crippen LogP contribution >= 0.6 is 0 Å². The Labute approximate surface area is 579 Å². The molecule has 11 rings (SSSR count). The van der Waals surface area contributed by atoms with Gasteiger partial charge in [0, 0.05) is 32.1 Å². The predicted molar refractivity (Wildman–Crippen MR) is 372 cm³/mol. The third-order valence-corrected chi connectivity index (χ3v) is 21.2. The zero-order chi connectivity index (χ0) is 69.1. The van der Waals surface area contributed by atoms with Gasteiger partial charge in [0.1, 0.15) is 33.0 Å². The van der Waals surface area contributed by atoms with Gasteiger partial charge in [0.25, 0.3) is 0 Å². The van der Waals surface area contributed by atoms with Crippen LogP contribution in [0.1, 0.15) is 203 Å². The predicted octanol–water partition coefficient (Wildman–Crippen LogP) is 15.6. The molecule has 0 bridgehead atoms. The lowest BCUT2D eigenvalue weighted by molar-refractivity contribution is -0.176. The van der Waals surface area contributed by atoms with Gasteiger partial charge in [-0.25, -0.2) is 0 Å². The maximum absolute atomic E-state index is 15.8. The first-order valence-electron chi connectivity index (χ1n) is 35.6. The van der Waals surface area contributed by atoms with E-state index in [4.69, 9.17) is 47.4 Å². The number of benzene rings is 6. The standard InChI is InChI=1S/C83H100O15/c1-9-57(58-34-32-56(2)33-35-58)26-20-36-80(5,75(85)95-43-38-90-70-48-60-22-11-16-28-65(60)70)53-82(7,77(87)97-45-40-92-72-50-62-24-13-18-30-67(62)72)55-83(8,78(88)98-46-41-93-73-51-63-25-14-19-31-68(63)73)54-81(6,76(86)96-44-39-91-71-49-61-23-12-17-29-66(61)71)52-79(3,4)74(84)94-42-37-89-69-47-59-21-10-15-27-64(59)69/h10-19,21-25,27-35,57,69-73H,9,20,26,36-55H2,1-8H3. The molecule has 98 heavy (non-hydrogen) atoms. The Morgan fingerprint density at radius 3 is 0.939 bits per heavy atom. The van der Waals surface area contributed by atoms with E-state index in [-0.39, 0.29) is 128 Å². The second-order valence-corrected chi connectivity index (χ2v) is 29.7. The van der Waals surface area contributed by atoms with Crippen molar-refractivity contribution < 1.29 is 71.3 Å². The van der Waals surface area contributed by atoms with Gasteiger partial charge >= 0.3 is 29.8 Å². The molecule has 0 N–H and O–H groups in total. The number of aryl methyl sites for hydroxylation is 1. The number of fused-ring (bicyclic) bond motifs is 5. The first kappa shape index (κ1) is 71.7. The Morgan fingerprint density at radius 1 is 0.357 bits per heavy atom. The smallest absolute Gasteiger partial charge is 0.311 e. The fraction of sp³-hybridized carbons (Fsp3) is 0.506. The molecule has 0 fully saturated rings. The van der Waals surface area contributed by atoms with Crippen molar-refractivity contribution >= 4 is 29.8 Å². The van der Waals surface area contributed by atoms with Crippen LogP contribution in [0.3, 0.4) is 0 Å². The fourth-order valence-electron chi connectivity index (χ4n) is 16.0. The van der Waals surface area contributed by atoms with Gasteiger partial charge in [0.15, 0.2) is 0 Å². The van der Waals surface area contributed by atoms with Crippen LogP contribution in [0.2, 0.25) is 0 Å². The van der Waals surface area contributed by atoms with Crippen LogP contribution in [-0.4, -0.2) is 95.9 Å². The molecule has 0 saturated heterocycles. The van der Waals surface area contributed by atoms with Crippen molar-refractivity contribution in [3.8, 4) is 0 Å². The van der Waals surface area contributed by atoms with E-state index in [1.165, 1.54) is 33.4 Å². The molecule has 0 aliphatic heterocycles. The Morgan fingerprint density at radius 2 is 0.633 bits per heavy atom. The van der Waals surface area contributed by atoms with Gasteiger partial charge in [-0.3, -0.25) is 24.0 Å². The van der Waals surface area contributed by atoms with E-state index in [1.54, 1.807) is 34.6 Å². The number of carbonyl (C=O) groups excluding carboxylic acids is 5. The number of hydrogen-bond acceptors (Lipinski definition) is 15. The molecule has 10 atom stereocenters. The fourth-order valence-corrected chi connectivity index (χ4v) is 16.0. The first-order chi connectivity index (χ1) is 47.2. The van der Waals surface area contributed by atoms with E-state index in [1.807, 2.05) is 91.9 Å². The highest BCUT2D eigenvalue weighted by Gasteiger charge is 2.56. The highest BCUT2D eigenvalue weighted by Crippen LogP contribution is 2.53. The average molecular weight is 1340 g/mol. The van der Waals surface area contributed by atoms with Crippen molar-refractivity contribution in [1.29, 1.82) is 0 Å². The summed E-state index contributed by atoms with van der Waals surface area (Å²) < 4.78 is 62.6. The largest absolute Gasteiger partial charge is 0.463 e. The minimum absolute atomic E-state index is 0.0317. The van der Waals surface area contributed by atoms with Crippen molar-refractivity contribution in [2.45, 2.75) is 175 Å². The minimum Gasteiger partial charge on any atom is -0.463 e. The molecule has 15 nitrogen and oxygen atoms in total. The van der Waals surface area contributed by atoms with E-state index in [2.05, 4.69) is 74.5 Å². The van der Waals surface area contributed by atoms with Gasteiger partial charge < -0.3 is 47.4 Å². The van der Waals surface area contributed by atoms with Crippen LogP contribution in [0.25, 0.3) is 0 Å². The van der Waals surface area contributed by atoms with E-state index in [0.717, 1.165) is 78.3 Å². The second kappa shape index (κ2) is 31.8. The van der Waals surface area contributed by atoms with E-state index in [9.17, 15) is 4.79 Å². The van der Waals surface area contributed by atoms with Gasteiger partial charge in [-0.05, 0) is 161 Å². The lowest BCUT2D eigenvalue weighted by Gasteiger charge is -2.44. The molecule has 6 aromatic rings. The lowest BCUT2D eigenvalue weighted by atomic mass is 9.59. The molecule has 0 amide bonds. The van der Waals surface area contributed by atoms with Crippen LogP contribution in [0.4, 0.5) is 0 Å². The van der Waals surface area contributed by atoms with Crippen molar-refractivity contribution in [2.24, 2.45) is 27.1 Å².